The van der Waals surface area contributed by atoms with Gasteiger partial charge in [-0.25, -0.2) is 0 Å². The fourth-order valence-electron chi connectivity index (χ4n) is 0.731. The molecule has 0 unspecified atom stereocenters. The summed E-state index contributed by atoms with van der Waals surface area (Å²) in [6.07, 6.45) is 7.67. The Bertz CT molecular complexity index is 196. The molecular weight excluding hydrogens is 114 g/mol. The average Bonchev–Trinajstić information content (AvgIpc) is 1.91. The van der Waals surface area contributed by atoms with Crippen LogP contribution in [0, 0.1) is 0 Å². The SMILES string of the molecule is [N-]=[N+]=NC1=CC=CCC1. The second kappa shape index (κ2) is 2.95. The summed E-state index contributed by atoms with van der Waals surface area (Å²) in [6, 6.07) is 0. The lowest BCUT2D eigenvalue weighted by Gasteiger charge is -1.98. The van der Waals surface area contributed by atoms with E-state index in [9.17, 15) is 0 Å². The molecule has 1 rings (SSSR count). The van der Waals surface area contributed by atoms with Gasteiger partial charge < -0.3 is 0 Å². The summed E-state index contributed by atoms with van der Waals surface area (Å²) in [5.74, 6) is 0. The highest BCUT2D eigenvalue weighted by molar-refractivity contribution is 5.16. The predicted molar refractivity (Wildman–Crippen MR) is 35.6 cm³/mol. The van der Waals surface area contributed by atoms with Gasteiger partial charge in [0.25, 0.3) is 0 Å². The van der Waals surface area contributed by atoms with Crippen molar-refractivity contribution in [3.8, 4) is 0 Å². The van der Waals surface area contributed by atoms with E-state index in [1.54, 1.807) is 0 Å². The summed E-state index contributed by atoms with van der Waals surface area (Å²) in [7, 11) is 0. The molecule has 0 amide bonds. The van der Waals surface area contributed by atoms with Crippen molar-refractivity contribution in [2.45, 2.75) is 12.8 Å². The van der Waals surface area contributed by atoms with E-state index in [0.29, 0.717) is 0 Å². The molecule has 0 N–H and O–H groups in total. The summed E-state index contributed by atoms with van der Waals surface area (Å²) in [5.41, 5.74) is 8.85. The predicted octanol–water partition coefficient (Wildman–Crippen LogP) is 2.53. The average molecular weight is 121 g/mol. The molecule has 0 aromatic rings. The first-order chi connectivity index (χ1) is 4.43. The maximum atomic E-state index is 8.01. The van der Waals surface area contributed by atoms with E-state index in [4.69, 9.17) is 5.53 Å². The first-order valence-electron chi connectivity index (χ1n) is 2.84. The molecule has 3 heteroatoms. The monoisotopic (exact) mass is 121 g/mol. The minimum Gasteiger partial charge on any atom is -0.0842 e. The van der Waals surface area contributed by atoms with Gasteiger partial charge in [-0.3, -0.25) is 0 Å². The Morgan fingerprint density at radius 2 is 2.56 bits per heavy atom. The molecule has 46 valence electrons. The number of hydrogen-bond donors (Lipinski definition) is 0. The Morgan fingerprint density at radius 3 is 3.11 bits per heavy atom. The molecular formula is C6H7N3. The second-order valence-electron chi connectivity index (χ2n) is 1.81. The van der Waals surface area contributed by atoms with Gasteiger partial charge in [0, 0.05) is 10.6 Å². The third kappa shape index (κ3) is 1.63. The molecule has 3 nitrogen and oxygen atoms in total. The van der Waals surface area contributed by atoms with Crippen molar-refractivity contribution in [2.24, 2.45) is 5.11 Å². The molecule has 0 saturated heterocycles. The molecule has 0 aromatic heterocycles. The van der Waals surface area contributed by atoms with Crippen LogP contribution in [0.5, 0.6) is 0 Å². The van der Waals surface area contributed by atoms with Crippen molar-refractivity contribution in [1.29, 1.82) is 0 Å². The van der Waals surface area contributed by atoms with Gasteiger partial charge in [-0.2, -0.15) is 0 Å². The molecule has 1 aliphatic carbocycles. The summed E-state index contributed by atoms with van der Waals surface area (Å²) in [6.45, 7) is 0. The highest BCUT2D eigenvalue weighted by Crippen LogP contribution is 2.11. The summed E-state index contributed by atoms with van der Waals surface area (Å²) in [4.78, 5) is 2.68. The highest BCUT2D eigenvalue weighted by atomic mass is 15.1. The lowest BCUT2D eigenvalue weighted by Crippen LogP contribution is -1.80. The molecule has 0 heterocycles. The van der Waals surface area contributed by atoms with Crippen LogP contribution in [-0.4, -0.2) is 0 Å². The van der Waals surface area contributed by atoms with E-state index >= 15 is 0 Å². The van der Waals surface area contributed by atoms with E-state index in [2.05, 4.69) is 16.1 Å². The van der Waals surface area contributed by atoms with Crippen LogP contribution >= 0.6 is 0 Å². The van der Waals surface area contributed by atoms with Gasteiger partial charge in [0.2, 0.25) is 0 Å². The topological polar surface area (TPSA) is 48.8 Å². The van der Waals surface area contributed by atoms with Crippen LogP contribution < -0.4 is 0 Å². The van der Waals surface area contributed by atoms with Crippen LogP contribution in [0.1, 0.15) is 12.8 Å². The summed E-state index contributed by atoms with van der Waals surface area (Å²) in [5, 5.41) is 3.47. The first kappa shape index (κ1) is 5.92. The van der Waals surface area contributed by atoms with Crippen molar-refractivity contribution in [2.75, 3.05) is 0 Å². The molecule has 0 radical (unpaired) electrons. The number of allylic oxidation sites excluding steroid dienone is 4. The standard InChI is InChI=1S/C6H7N3/c7-9-8-6-4-2-1-3-5-6/h1-2,4H,3,5H2. The third-order valence-electron chi connectivity index (χ3n) is 1.17. The molecule has 0 fully saturated rings. The first-order valence-corrected chi connectivity index (χ1v) is 2.84. The molecule has 0 spiro atoms. The molecule has 1 aliphatic rings. The molecule has 0 aromatic carbocycles. The largest absolute Gasteiger partial charge is 0.0842 e. The van der Waals surface area contributed by atoms with Gasteiger partial charge in [0.1, 0.15) is 0 Å². The zero-order valence-corrected chi connectivity index (χ0v) is 4.99. The Hall–Kier alpha value is -1.21. The molecule has 0 saturated carbocycles. The number of nitrogens with zero attached hydrogens (tertiary/aromatic N) is 3. The van der Waals surface area contributed by atoms with Crippen LogP contribution in [0.15, 0.2) is 29.0 Å². The zero-order chi connectivity index (χ0) is 6.53. The van der Waals surface area contributed by atoms with Gasteiger partial charge in [-0.1, -0.05) is 23.3 Å². The zero-order valence-electron chi connectivity index (χ0n) is 4.99. The fraction of sp³-hybridized carbons (Fsp3) is 0.333. The second-order valence-corrected chi connectivity index (χ2v) is 1.81. The molecule has 0 aliphatic heterocycles. The van der Waals surface area contributed by atoms with Crippen LogP contribution in [0.4, 0.5) is 0 Å². The van der Waals surface area contributed by atoms with Gasteiger partial charge >= 0.3 is 0 Å². The maximum Gasteiger partial charge on any atom is 0.0153 e. The number of rotatable bonds is 1. The van der Waals surface area contributed by atoms with Gasteiger partial charge in [0.05, 0.1) is 0 Å². The van der Waals surface area contributed by atoms with Crippen molar-refractivity contribution >= 4 is 0 Å². The van der Waals surface area contributed by atoms with Crippen molar-refractivity contribution in [1.82, 2.24) is 0 Å². The Morgan fingerprint density at radius 1 is 1.67 bits per heavy atom. The van der Waals surface area contributed by atoms with E-state index < -0.39 is 0 Å². The quantitative estimate of drug-likeness (QED) is 0.291. The van der Waals surface area contributed by atoms with Crippen LogP contribution in [0.2, 0.25) is 0 Å². The van der Waals surface area contributed by atoms with E-state index in [-0.39, 0.29) is 0 Å². The summed E-state index contributed by atoms with van der Waals surface area (Å²) < 4.78 is 0. The van der Waals surface area contributed by atoms with E-state index in [1.807, 2.05) is 12.2 Å². The number of hydrogen-bond acceptors (Lipinski definition) is 1. The minimum atomic E-state index is 0.833. The van der Waals surface area contributed by atoms with Crippen LogP contribution in [0.25, 0.3) is 10.4 Å². The van der Waals surface area contributed by atoms with Gasteiger partial charge in [0.15, 0.2) is 0 Å². The third-order valence-corrected chi connectivity index (χ3v) is 1.17. The van der Waals surface area contributed by atoms with Crippen molar-refractivity contribution in [3.05, 3.63) is 34.4 Å². The van der Waals surface area contributed by atoms with Crippen LogP contribution in [-0.2, 0) is 0 Å². The lowest BCUT2D eigenvalue weighted by molar-refractivity contribution is 0.938. The van der Waals surface area contributed by atoms with Crippen molar-refractivity contribution in [3.63, 3.8) is 0 Å². The molecule has 0 bridgehead atoms. The summed E-state index contributed by atoms with van der Waals surface area (Å²) >= 11 is 0. The van der Waals surface area contributed by atoms with Crippen LogP contribution in [0.3, 0.4) is 0 Å². The molecule has 9 heavy (non-hydrogen) atoms. The Labute approximate surface area is 53.3 Å². The fourth-order valence-corrected chi connectivity index (χ4v) is 0.731. The molecule has 0 atom stereocenters. The Kier molecular flexibility index (Phi) is 1.94. The lowest BCUT2D eigenvalue weighted by atomic mass is 10.1. The van der Waals surface area contributed by atoms with Crippen molar-refractivity contribution < 1.29 is 0 Å². The normalized spacial score (nSPS) is 16.2. The van der Waals surface area contributed by atoms with Gasteiger partial charge in [-0.15, -0.1) is 0 Å². The number of azide groups is 1. The smallest absolute Gasteiger partial charge is 0.0153 e. The Balaban J connectivity index is 2.68. The van der Waals surface area contributed by atoms with E-state index in [1.165, 1.54) is 0 Å². The maximum absolute atomic E-state index is 8.01. The minimum absolute atomic E-state index is 0.833. The highest BCUT2D eigenvalue weighted by Gasteiger charge is 1.93. The van der Waals surface area contributed by atoms with Gasteiger partial charge in [-0.05, 0) is 18.4 Å². The van der Waals surface area contributed by atoms with E-state index in [0.717, 1.165) is 18.5 Å².